The molecule has 2 rings (SSSR count). The average molecular weight is 276 g/mol. The van der Waals surface area contributed by atoms with Crippen molar-refractivity contribution in [1.82, 2.24) is 9.80 Å². The SMILES string of the molecule is CCN1CCCC1CN(C)CCC(O)c1ccccc1. The Balaban J connectivity index is 1.73. The second kappa shape index (κ2) is 7.77. The summed E-state index contributed by atoms with van der Waals surface area (Å²) in [5.74, 6) is 0. The van der Waals surface area contributed by atoms with Crippen molar-refractivity contribution < 1.29 is 5.11 Å². The van der Waals surface area contributed by atoms with E-state index >= 15 is 0 Å². The molecule has 2 atom stereocenters. The molecule has 1 aliphatic rings. The van der Waals surface area contributed by atoms with E-state index in [-0.39, 0.29) is 6.10 Å². The van der Waals surface area contributed by atoms with Gasteiger partial charge in [-0.3, -0.25) is 4.90 Å². The van der Waals surface area contributed by atoms with Crippen LogP contribution >= 0.6 is 0 Å². The summed E-state index contributed by atoms with van der Waals surface area (Å²) in [6.07, 6.45) is 3.11. The van der Waals surface area contributed by atoms with Gasteiger partial charge in [0.1, 0.15) is 0 Å². The van der Waals surface area contributed by atoms with E-state index < -0.39 is 0 Å². The molecule has 1 N–H and O–H groups in total. The van der Waals surface area contributed by atoms with Gasteiger partial charge in [-0.1, -0.05) is 37.3 Å². The smallest absolute Gasteiger partial charge is 0.0802 e. The molecule has 20 heavy (non-hydrogen) atoms. The fourth-order valence-corrected chi connectivity index (χ4v) is 3.15. The van der Waals surface area contributed by atoms with E-state index in [0.717, 1.165) is 31.6 Å². The van der Waals surface area contributed by atoms with E-state index in [2.05, 4.69) is 23.8 Å². The molecular weight excluding hydrogens is 248 g/mol. The summed E-state index contributed by atoms with van der Waals surface area (Å²) in [4.78, 5) is 4.94. The molecule has 1 heterocycles. The van der Waals surface area contributed by atoms with E-state index in [0.29, 0.717) is 6.04 Å². The molecule has 0 saturated carbocycles. The molecule has 1 fully saturated rings. The number of nitrogens with zero attached hydrogens (tertiary/aromatic N) is 2. The summed E-state index contributed by atoms with van der Waals surface area (Å²) in [5, 5.41) is 10.2. The van der Waals surface area contributed by atoms with Gasteiger partial charge in [0, 0.05) is 19.1 Å². The van der Waals surface area contributed by atoms with Gasteiger partial charge in [-0.05, 0) is 45.0 Å². The first-order valence-electron chi connectivity index (χ1n) is 7.86. The maximum Gasteiger partial charge on any atom is 0.0802 e. The zero-order chi connectivity index (χ0) is 14.4. The Morgan fingerprint density at radius 3 is 2.80 bits per heavy atom. The van der Waals surface area contributed by atoms with Crippen molar-refractivity contribution in [2.24, 2.45) is 0 Å². The van der Waals surface area contributed by atoms with Crippen molar-refractivity contribution in [3.63, 3.8) is 0 Å². The van der Waals surface area contributed by atoms with E-state index in [1.807, 2.05) is 30.3 Å². The highest BCUT2D eigenvalue weighted by atomic mass is 16.3. The molecule has 0 radical (unpaired) electrons. The molecular formula is C17H28N2O. The number of hydrogen-bond acceptors (Lipinski definition) is 3. The fourth-order valence-electron chi connectivity index (χ4n) is 3.15. The van der Waals surface area contributed by atoms with Crippen molar-refractivity contribution in [3.8, 4) is 0 Å². The zero-order valence-corrected chi connectivity index (χ0v) is 12.8. The number of aliphatic hydroxyl groups is 1. The third-order valence-corrected chi connectivity index (χ3v) is 4.40. The van der Waals surface area contributed by atoms with Crippen LogP contribution in [0.2, 0.25) is 0 Å². The minimum atomic E-state index is -0.343. The van der Waals surface area contributed by atoms with Gasteiger partial charge in [0.25, 0.3) is 0 Å². The van der Waals surface area contributed by atoms with E-state index in [1.54, 1.807) is 0 Å². The lowest BCUT2D eigenvalue weighted by molar-refractivity contribution is 0.137. The van der Waals surface area contributed by atoms with Gasteiger partial charge in [0.05, 0.1) is 6.10 Å². The topological polar surface area (TPSA) is 26.7 Å². The quantitative estimate of drug-likeness (QED) is 0.829. The summed E-state index contributed by atoms with van der Waals surface area (Å²) in [6, 6.07) is 10.7. The summed E-state index contributed by atoms with van der Waals surface area (Å²) >= 11 is 0. The lowest BCUT2D eigenvalue weighted by Gasteiger charge is -2.28. The van der Waals surface area contributed by atoms with Gasteiger partial charge in [-0.2, -0.15) is 0 Å². The van der Waals surface area contributed by atoms with Crippen molar-refractivity contribution in [3.05, 3.63) is 35.9 Å². The fraction of sp³-hybridized carbons (Fsp3) is 0.647. The summed E-state index contributed by atoms with van der Waals surface area (Å²) < 4.78 is 0. The number of hydrogen-bond donors (Lipinski definition) is 1. The second-order valence-electron chi connectivity index (χ2n) is 5.90. The molecule has 1 aromatic carbocycles. The van der Waals surface area contributed by atoms with Crippen molar-refractivity contribution in [2.45, 2.75) is 38.3 Å². The molecule has 1 aromatic rings. The molecule has 2 unspecified atom stereocenters. The van der Waals surface area contributed by atoms with Crippen LogP contribution in [0.25, 0.3) is 0 Å². The molecule has 0 amide bonds. The Kier molecular flexibility index (Phi) is 6.02. The molecule has 1 saturated heterocycles. The van der Waals surface area contributed by atoms with Crippen molar-refractivity contribution >= 4 is 0 Å². The number of benzene rings is 1. The number of likely N-dealkylation sites (N-methyl/N-ethyl adjacent to an activating group) is 2. The minimum Gasteiger partial charge on any atom is -0.388 e. The van der Waals surface area contributed by atoms with Crippen LogP contribution in [0.15, 0.2) is 30.3 Å². The van der Waals surface area contributed by atoms with Crippen molar-refractivity contribution in [2.75, 3.05) is 33.2 Å². The van der Waals surface area contributed by atoms with Crippen LogP contribution in [0.1, 0.15) is 37.9 Å². The molecule has 1 aliphatic heterocycles. The number of rotatable bonds is 7. The first-order valence-corrected chi connectivity index (χ1v) is 7.86. The average Bonchev–Trinajstić information content (AvgIpc) is 2.92. The Morgan fingerprint density at radius 2 is 2.10 bits per heavy atom. The molecule has 3 heteroatoms. The van der Waals surface area contributed by atoms with Gasteiger partial charge < -0.3 is 10.0 Å². The lowest BCUT2D eigenvalue weighted by Crippen LogP contribution is -2.39. The summed E-state index contributed by atoms with van der Waals surface area (Å²) in [5.41, 5.74) is 1.02. The molecule has 112 valence electrons. The first kappa shape index (κ1) is 15.5. The van der Waals surface area contributed by atoms with Gasteiger partial charge in [-0.15, -0.1) is 0 Å². The zero-order valence-electron chi connectivity index (χ0n) is 12.8. The van der Waals surface area contributed by atoms with Crippen LogP contribution in [0.4, 0.5) is 0 Å². The largest absolute Gasteiger partial charge is 0.388 e. The third-order valence-electron chi connectivity index (χ3n) is 4.40. The lowest BCUT2D eigenvalue weighted by atomic mass is 10.1. The predicted molar refractivity (Wildman–Crippen MR) is 83.8 cm³/mol. The van der Waals surface area contributed by atoms with Crippen LogP contribution in [0.3, 0.4) is 0 Å². The number of likely N-dealkylation sites (tertiary alicyclic amines) is 1. The molecule has 0 aliphatic carbocycles. The Morgan fingerprint density at radius 1 is 1.35 bits per heavy atom. The third kappa shape index (κ3) is 4.30. The normalized spacial score (nSPS) is 21.5. The van der Waals surface area contributed by atoms with E-state index in [1.165, 1.54) is 19.4 Å². The van der Waals surface area contributed by atoms with Gasteiger partial charge in [0.2, 0.25) is 0 Å². The Bertz CT molecular complexity index is 382. The van der Waals surface area contributed by atoms with Crippen LogP contribution in [-0.2, 0) is 0 Å². The predicted octanol–water partition coefficient (Wildman–Crippen LogP) is 2.53. The highest BCUT2D eigenvalue weighted by molar-refractivity contribution is 5.17. The monoisotopic (exact) mass is 276 g/mol. The van der Waals surface area contributed by atoms with E-state index in [4.69, 9.17) is 0 Å². The van der Waals surface area contributed by atoms with Crippen LogP contribution in [0, 0.1) is 0 Å². The standard InChI is InChI=1S/C17H28N2O/c1-3-19-12-7-10-16(19)14-18(2)13-11-17(20)15-8-5-4-6-9-15/h4-6,8-9,16-17,20H,3,7,10-14H2,1-2H3. The molecule has 3 nitrogen and oxygen atoms in total. The maximum atomic E-state index is 10.2. The van der Waals surface area contributed by atoms with Crippen LogP contribution in [0.5, 0.6) is 0 Å². The highest BCUT2D eigenvalue weighted by Gasteiger charge is 2.24. The first-order chi connectivity index (χ1) is 9.70. The molecule has 0 aromatic heterocycles. The molecule has 0 bridgehead atoms. The van der Waals surface area contributed by atoms with Gasteiger partial charge in [0.15, 0.2) is 0 Å². The maximum absolute atomic E-state index is 10.2. The Labute approximate surface area is 123 Å². The Hall–Kier alpha value is -0.900. The highest BCUT2D eigenvalue weighted by Crippen LogP contribution is 2.19. The number of aliphatic hydroxyl groups excluding tert-OH is 1. The van der Waals surface area contributed by atoms with Crippen LogP contribution in [-0.4, -0.2) is 54.2 Å². The summed E-state index contributed by atoms with van der Waals surface area (Å²) in [7, 11) is 2.17. The van der Waals surface area contributed by atoms with Gasteiger partial charge in [-0.25, -0.2) is 0 Å². The van der Waals surface area contributed by atoms with Gasteiger partial charge >= 0.3 is 0 Å². The van der Waals surface area contributed by atoms with E-state index in [9.17, 15) is 5.11 Å². The van der Waals surface area contributed by atoms with Crippen molar-refractivity contribution in [1.29, 1.82) is 0 Å². The van der Waals surface area contributed by atoms with Crippen LogP contribution < -0.4 is 0 Å². The second-order valence-corrected chi connectivity index (χ2v) is 5.90. The summed E-state index contributed by atoms with van der Waals surface area (Å²) in [6.45, 7) is 6.73. The minimum absolute atomic E-state index is 0.343. The molecule has 0 spiro atoms.